The van der Waals surface area contributed by atoms with E-state index in [0.29, 0.717) is 12.0 Å². The Morgan fingerprint density at radius 1 is 1.23 bits per heavy atom. The lowest BCUT2D eigenvalue weighted by Crippen LogP contribution is -2.45. The van der Waals surface area contributed by atoms with E-state index in [9.17, 15) is 22.8 Å². The summed E-state index contributed by atoms with van der Waals surface area (Å²) in [5, 5.41) is 5.27. The zero-order chi connectivity index (χ0) is 22.2. The van der Waals surface area contributed by atoms with Gasteiger partial charge >= 0.3 is 6.18 Å². The van der Waals surface area contributed by atoms with Gasteiger partial charge in [0.25, 0.3) is 0 Å². The predicted octanol–water partition coefficient (Wildman–Crippen LogP) is 2.90. The Hall–Kier alpha value is -3.43. The van der Waals surface area contributed by atoms with Gasteiger partial charge in [0.05, 0.1) is 11.0 Å². The predicted molar refractivity (Wildman–Crippen MR) is 106 cm³/mol. The Morgan fingerprint density at radius 2 is 2.00 bits per heavy atom. The van der Waals surface area contributed by atoms with Crippen molar-refractivity contribution in [2.24, 2.45) is 5.92 Å². The average molecular weight is 431 g/mol. The average Bonchev–Trinajstić information content (AvgIpc) is 3.43. The van der Waals surface area contributed by atoms with Gasteiger partial charge in [-0.15, -0.1) is 0 Å². The van der Waals surface area contributed by atoms with Crippen LogP contribution in [0.4, 0.5) is 13.2 Å². The van der Waals surface area contributed by atoms with E-state index in [0.717, 1.165) is 29.1 Å². The van der Waals surface area contributed by atoms with Crippen LogP contribution in [0.25, 0.3) is 11.0 Å². The fourth-order valence-corrected chi connectivity index (χ4v) is 3.36. The molecule has 0 saturated heterocycles. The molecule has 3 atom stereocenters. The van der Waals surface area contributed by atoms with E-state index in [-0.39, 0.29) is 24.3 Å². The molecule has 10 heteroatoms. The van der Waals surface area contributed by atoms with Crippen molar-refractivity contribution in [3.8, 4) is 0 Å². The van der Waals surface area contributed by atoms with Crippen LogP contribution in [0.15, 0.2) is 42.6 Å². The molecule has 3 aromatic rings. The normalized spacial score (nSPS) is 19.1. The van der Waals surface area contributed by atoms with Crippen molar-refractivity contribution in [2.75, 3.05) is 0 Å². The second kappa shape index (κ2) is 8.01. The summed E-state index contributed by atoms with van der Waals surface area (Å²) >= 11 is 0. The lowest BCUT2D eigenvalue weighted by molar-refractivity contribution is -0.141. The second-order valence-corrected chi connectivity index (χ2v) is 7.59. The van der Waals surface area contributed by atoms with Crippen LogP contribution in [0.3, 0.4) is 0 Å². The molecule has 7 nitrogen and oxygen atoms in total. The van der Waals surface area contributed by atoms with Crippen LogP contribution >= 0.6 is 0 Å². The van der Waals surface area contributed by atoms with E-state index < -0.39 is 23.8 Å². The number of nitrogens with one attached hydrogen (secondary N) is 3. The minimum Gasteiger partial charge on any atom is -0.350 e. The Balaban J connectivity index is 1.26. The molecule has 2 heterocycles. The van der Waals surface area contributed by atoms with Gasteiger partial charge in [0.1, 0.15) is 17.6 Å². The third-order valence-electron chi connectivity index (χ3n) is 5.22. The third-order valence-corrected chi connectivity index (χ3v) is 5.22. The maximum Gasteiger partial charge on any atom is 0.433 e. The van der Waals surface area contributed by atoms with Crippen LogP contribution in [0.5, 0.6) is 0 Å². The highest BCUT2D eigenvalue weighted by atomic mass is 19.4. The number of carbonyl (C=O) groups is 2. The van der Waals surface area contributed by atoms with E-state index in [1.54, 1.807) is 6.92 Å². The summed E-state index contributed by atoms with van der Waals surface area (Å²) < 4.78 is 37.6. The molecule has 162 valence electrons. The van der Waals surface area contributed by atoms with Gasteiger partial charge in [-0.1, -0.05) is 18.2 Å². The molecule has 1 aliphatic carbocycles. The van der Waals surface area contributed by atoms with Gasteiger partial charge in [0, 0.05) is 24.6 Å². The lowest BCUT2D eigenvalue weighted by Gasteiger charge is -2.14. The number of imidazole rings is 1. The first-order valence-corrected chi connectivity index (χ1v) is 9.77. The summed E-state index contributed by atoms with van der Waals surface area (Å²) in [5.74, 6) is -0.178. The second-order valence-electron chi connectivity index (χ2n) is 7.59. The number of para-hydroxylation sites is 2. The summed E-state index contributed by atoms with van der Waals surface area (Å²) in [6, 6.07) is 8.94. The molecule has 31 heavy (non-hydrogen) atoms. The van der Waals surface area contributed by atoms with Crippen LogP contribution in [0.1, 0.15) is 36.3 Å². The number of aromatic amines is 1. The number of H-pyrrole nitrogens is 1. The number of hydrogen-bond acceptors (Lipinski definition) is 4. The molecule has 2 amide bonds. The fourth-order valence-electron chi connectivity index (χ4n) is 3.36. The van der Waals surface area contributed by atoms with Crippen molar-refractivity contribution in [1.82, 2.24) is 25.6 Å². The molecule has 4 rings (SSSR count). The van der Waals surface area contributed by atoms with Crippen LogP contribution in [0, 0.1) is 5.92 Å². The molecule has 3 unspecified atom stereocenters. The standard InChI is InChI=1S/C21H20F3N5O2/c1-11(19(30)26-10-12-6-7-17(25-9-12)21(22,23)24)27-20(31)14-8-13(14)18-28-15-4-2-3-5-16(15)29-18/h2-7,9,11,13-14H,8,10H2,1H3,(H,26,30)(H,27,31)(H,28,29). The topological polar surface area (TPSA) is 99.8 Å². The first kappa shape index (κ1) is 20.8. The largest absolute Gasteiger partial charge is 0.433 e. The van der Waals surface area contributed by atoms with E-state index in [4.69, 9.17) is 0 Å². The number of benzene rings is 1. The van der Waals surface area contributed by atoms with E-state index in [1.165, 1.54) is 6.07 Å². The highest BCUT2D eigenvalue weighted by Crippen LogP contribution is 2.46. The summed E-state index contributed by atoms with van der Waals surface area (Å²) in [6.07, 6.45) is -2.80. The Morgan fingerprint density at radius 3 is 2.68 bits per heavy atom. The SMILES string of the molecule is CC(NC(=O)C1CC1c1nc2ccccc2[nH]1)C(=O)NCc1ccc(C(F)(F)F)nc1. The number of pyridine rings is 1. The van der Waals surface area contributed by atoms with Gasteiger partial charge in [-0.2, -0.15) is 13.2 Å². The lowest BCUT2D eigenvalue weighted by atomic mass is 10.2. The maximum atomic E-state index is 12.5. The third kappa shape index (κ3) is 4.68. The summed E-state index contributed by atoms with van der Waals surface area (Å²) in [4.78, 5) is 35.8. The number of rotatable bonds is 6. The molecule has 0 aliphatic heterocycles. The zero-order valence-electron chi connectivity index (χ0n) is 16.5. The summed E-state index contributed by atoms with van der Waals surface area (Å²) in [5.41, 5.74) is 1.18. The first-order valence-electron chi connectivity index (χ1n) is 9.77. The van der Waals surface area contributed by atoms with Crippen molar-refractivity contribution in [1.29, 1.82) is 0 Å². The Bertz CT molecular complexity index is 1080. The van der Waals surface area contributed by atoms with Gasteiger partial charge in [0.2, 0.25) is 11.8 Å². The van der Waals surface area contributed by atoms with E-state index in [1.807, 2.05) is 24.3 Å². The molecular formula is C21H20F3N5O2. The summed E-state index contributed by atoms with van der Waals surface area (Å²) in [7, 11) is 0. The number of alkyl halides is 3. The molecule has 0 spiro atoms. The van der Waals surface area contributed by atoms with Crippen molar-refractivity contribution in [3.05, 3.63) is 59.7 Å². The minimum atomic E-state index is -4.51. The number of fused-ring (bicyclic) bond motifs is 1. The van der Waals surface area contributed by atoms with Gasteiger partial charge in [-0.25, -0.2) is 4.98 Å². The number of carbonyl (C=O) groups excluding carboxylic acids is 2. The molecule has 3 N–H and O–H groups in total. The molecule has 1 fully saturated rings. The molecule has 1 saturated carbocycles. The van der Waals surface area contributed by atoms with Crippen molar-refractivity contribution < 1.29 is 22.8 Å². The number of halogens is 3. The van der Waals surface area contributed by atoms with Crippen molar-refractivity contribution in [3.63, 3.8) is 0 Å². The quantitative estimate of drug-likeness (QED) is 0.559. The van der Waals surface area contributed by atoms with E-state index in [2.05, 4.69) is 25.6 Å². The fraction of sp³-hybridized carbons (Fsp3) is 0.333. The van der Waals surface area contributed by atoms with Gasteiger partial charge in [0.15, 0.2) is 0 Å². The molecule has 1 aliphatic rings. The van der Waals surface area contributed by atoms with Crippen LogP contribution < -0.4 is 10.6 Å². The molecule has 2 aromatic heterocycles. The van der Waals surface area contributed by atoms with Gasteiger partial charge in [-0.05, 0) is 37.1 Å². The van der Waals surface area contributed by atoms with Gasteiger partial charge in [-0.3, -0.25) is 14.6 Å². The molecule has 0 bridgehead atoms. The number of aromatic nitrogens is 3. The first-order chi connectivity index (χ1) is 14.7. The van der Waals surface area contributed by atoms with Crippen molar-refractivity contribution >= 4 is 22.8 Å². The van der Waals surface area contributed by atoms with E-state index >= 15 is 0 Å². The zero-order valence-corrected chi connectivity index (χ0v) is 16.5. The number of hydrogen-bond donors (Lipinski definition) is 3. The van der Waals surface area contributed by atoms with Crippen LogP contribution in [-0.4, -0.2) is 32.8 Å². The van der Waals surface area contributed by atoms with Crippen molar-refractivity contribution in [2.45, 2.75) is 38.0 Å². The molecule has 1 aromatic carbocycles. The number of nitrogens with zero attached hydrogens (tertiary/aromatic N) is 2. The molecule has 0 radical (unpaired) electrons. The smallest absolute Gasteiger partial charge is 0.350 e. The minimum absolute atomic E-state index is 0.00915. The highest BCUT2D eigenvalue weighted by molar-refractivity contribution is 5.90. The van der Waals surface area contributed by atoms with Gasteiger partial charge < -0.3 is 15.6 Å². The Labute approximate surface area is 175 Å². The molecular weight excluding hydrogens is 411 g/mol. The summed E-state index contributed by atoms with van der Waals surface area (Å²) in [6.45, 7) is 1.56. The highest BCUT2D eigenvalue weighted by Gasteiger charge is 2.46. The number of amides is 2. The van der Waals surface area contributed by atoms with Crippen LogP contribution in [-0.2, 0) is 22.3 Å². The monoisotopic (exact) mass is 431 g/mol. The Kier molecular flexibility index (Phi) is 5.38. The maximum absolute atomic E-state index is 12.5. The van der Waals surface area contributed by atoms with Crippen LogP contribution in [0.2, 0.25) is 0 Å².